The Bertz CT molecular complexity index is 595. The van der Waals surface area contributed by atoms with Gasteiger partial charge in [-0.15, -0.1) is 0 Å². The number of amides is 2. The van der Waals surface area contributed by atoms with Crippen molar-refractivity contribution in [3.63, 3.8) is 0 Å². The van der Waals surface area contributed by atoms with Gasteiger partial charge in [-0.25, -0.2) is 0 Å². The maximum absolute atomic E-state index is 12.8. The number of carbonyl (C=O) groups is 2. The average Bonchev–Trinajstić information content (AvgIpc) is 3.13. The number of hydrogen-bond donors (Lipinski definition) is 1. The molecule has 1 saturated heterocycles. The minimum absolute atomic E-state index is 0.0211. The van der Waals surface area contributed by atoms with E-state index in [0.29, 0.717) is 25.9 Å². The molecular formula is C21H33N3O3. The molecule has 0 unspecified atom stereocenters. The van der Waals surface area contributed by atoms with Crippen LogP contribution in [0.25, 0.3) is 0 Å². The van der Waals surface area contributed by atoms with Gasteiger partial charge >= 0.3 is 0 Å². The molecule has 0 spiro atoms. The van der Waals surface area contributed by atoms with Crippen molar-refractivity contribution in [2.75, 3.05) is 45.7 Å². The zero-order chi connectivity index (χ0) is 19.6. The van der Waals surface area contributed by atoms with Crippen LogP contribution in [0.15, 0.2) is 24.3 Å². The topological polar surface area (TPSA) is 61.9 Å². The van der Waals surface area contributed by atoms with E-state index in [-0.39, 0.29) is 17.9 Å². The minimum Gasteiger partial charge on any atom is -0.376 e. The lowest BCUT2D eigenvalue weighted by molar-refractivity contribution is -0.132. The van der Waals surface area contributed by atoms with E-state index in [1.807, 2.05) is 50.2 Å². The average molecular weight is 376 g/mol. The number of likely N-dealkylation sites (N-methyl/N-ethyl adjacent to an activating group) is 1. The molecule has 0 radical (unpaired) electrons. The van der Waals surface area contributed by atoms with Gasteiger partial charge in [0.25, 0.3) is 0 Å². The molecule has 150 valence electrons. The predicted octanol–water partition coefficient (Wildman–Crippen LogP) is 2.54. The highest BCUT2D eigenvalue weighted by atomic mass is 16.5. The van der Waals surface area contributed by atoms with Crippen molar-refractivity contribution in [1.82, 2.24) is 9.80 Å². The SMILES string of the molecule is CCCC(=O)Nc1ccc(CC(=O)N(CCN(C)C)C[C@H]2CCCO2)cc1. The predicted molar refractivity (Wildman–Crippen MR) is 108 cm³/mol. The van der Waals surface area contributed by atoms with Gasteiger partial charge in [0.1, 0.15) is 0 Å². The van der Waals surface area contributed by atoms with Crippen molar-refractivity contribution < 1.29 is 14.3 Å². The van der Waals surface area contributed by atoms with Crippen LogP contribution in [-0.2, 0) is 20.7 Å². The highest BCUT2D eigenvalue weighted by Crippen LogP contribution is 2.15. The summed E-state index contributed by atoms with van der Waals surface area (Å²) in [7, 11) is 4.03. The van der Waals surface area contributed by atoms with Crippen LogP contribution >= 0.6 is 0 Å². The Morgan fingerprint density at radius 2 is 1.93 bits per heavy atom. The summed E-state index contributed by atoms with van der Waals surface area (Å²) in [6.07, 6.45) is 3.97. The van der Waals surface area contributed by atoms with Gasteiger partial charge in [0.2, 0.25) is 11.8 Å². The van der Waals surface area contributed by atoms with E-state index >= 15 is 0 Å². The number of carbonyl (C=O) groups excluding carboxylic acids is 2. The van der Waals surface area contributed by atoms with Crippen LogP contribution in [0.4, 0.5) is 5.69 Å². The number of nitrogens with zero attached hydrogens (tertiary/aromatic N) is 2. The van der Waals surface area contributed by atoms with Crippen molar-refractivity contribution in [3.05, 3.63) is 29.8 Å². The molecule has 1 N–H and O–H groups in total. The number of nitrogens with one attached hydrogen (secondary N) is 1. The second-order valence-electron chi connectivity index (χ2n) is 7.45. The Morgan fingerprint density at radius 1 is 1.19 bits per heavy atom. The Labute approximate surface area is 162 Å². The third kappa shape index (κ3) is 7.69. The van der Waals surface area contributed by atoms with Gasteiger partial charge in [-0.1, -0.05) is 19.1 Å². The Balaban J connectivity index is 1.92. The Kier molecular flexibility index (Phi) is 8.75. The largest absolute Gasteiger partial charge is 0.376 e. The minimum atomic E-state index is 0.0211. The van der Waals surface area contributed by atoms with E-state index in [2.05, 4.69) is 10.2 Å². The van der Waals surface area contributed by atoms with E-state index in [4.69, 9.17) is 4.74 Å². The van der Waals surface area contributed by atoms with Gasteiger partial charge < -0.3 is 19.9 Å². The Morgan fingerprint density at radius 3 is 2.52 bits per heavy atom. The van der Waals surface area contributed by atoms with Crippen LogP contribution < -0.4 is 5.32 Å². The fraction of sp³-hybridized carbons (Fsp3) is 0.619. The van der Waals surface area contributed by atoms with Crippen LogP contribution in [0.2, 0.25) is 0 Å². The van der Waals surface area contributed by atoms with Crippen LogP contribution in [-0.4, -0.2) is 68.1 Å². The molecule has 1 aliphatic heterocycles. The normalized spacial score (nSPS) is 16.5. The standard InChI is InChI=1S/C21H33N3O3/c1-4-6-20(25)22-18-10-8-17(9-11-18)15-21(26)24(13-12-23(2)3)16-19-7-5-14-27-19/h8-11,19H,4-7,12-16H2,1-3H3,(H,22,25)/t19-/m1/s1. The molecule has 27 heavy (non-hydrogen) atoms. The lowest BCUT2D eigenvalue weighted by Gasteiger charge is -2.27. The summed E-state index contributed by atoms with van der Waals surface area (Å²) < 4.78 is 5.72. The van der Waals surface area contributed by atoms with Gasteiger partial charge in [-0.3, -0.25) is 9.59 Å². The first-order chi connectivity index (χ1) is 13.0. The van der Waals surface area contributed by atoms with Crippen LogP contribution in [0.5, 0.6) is 0 Å². The molecule has 0 aromatic heterocycles. The summed E-state index contributed by atoms with van der Waals surface area (Å²) in [4.78, 5) is 28.5. The van der Waals surface area contributed by atoms with E-state index in [0.717, 1.165) is 43.7 Å². The van der Waals surface area contributed by atoms with Gasteiger partial charge in [-0.2, -0.15) is 0 Å². The quantitative estimate of drug-likeness (QED) is 0.683. The molecule has 6 heteroatoms. The van der Waals surface area contributed by atoms with Gasteiger partial charge in [0, 0.05) is 38.3 Å². The molecule has 2 rings (SSSR count). The van der Waals surface area contributed by atoms with Crippen LogP contribution in [0.3, 0.4) is 0 Å². The summed E-state index contributed by atoms with van der Waals surface area (Å²) in [6, 6.07) is 7.55. The molecule has 2 amide bonds. The lowest BCUT2D eigenvalue weighted by Crippen LogP contribution is -2.42. The first kappa shape index (κ1) is 21.4. The first-order valence-corrected chi connectivity index (χ1v) is 9.90. The summed E-state index contributed by atoms with van der Waals surface area (Å²) in [5.41, 5.74) is 1.73. The van der Waals surface area contributed by atoms with Crippen LogP contribution in [0, 0.1) is 0 Å². The second-order valence-corrected chi connectivity index (χ2v) is 7.45. The van der Waals surface area contributed by atoms with Crippen molar-refractivity contribution in [3.8, 4) is 0 Å². The Hall–Kier alpha value is -1.92. The number of ether oxygens (including phenoxy) is 1. The number of anilines is 1. The van der Waals surface area contributed by atoms with Crippen molar-refractivity contribution >= 4 is 17.5 Å². The third-order valence-electron chi connectivity index (χ3n) is 4.69. The molecule has 1 atom stereocenters. The maximum atomic E-state index is 12.8. The second kappa shape index (κ2) is 11.0. The van der Waals surface area contributed by atoms with Gasteiger partial charge in [0.15, 0.2) is 0 Å². The highest BCUT2D eigenvalue weighted by Gasteiger charge is 2.22. The summed E-state index contributed by atoms with van der Waals surface area (Å²) in [5, 5.41) is 2.87. The molecule has 6 nitrogen and oxygen atoms in total. The zero-order valence-corrected chi connectivity index (χ0v) is 16.9. The number of benzene rings is 1. The maximum Gasteiger partial charge on any atom is 0.227 e. The molecule has 1 aromatic carbocycles. The zero-order valence-electron chi connectivity index (χ0n) is 16.9. The third-order valence-corrected chi connectivity index (χ3v) is 4.69. The molecule has 1 fully saturated rings. The summed E-state index contributed by atoms with van der Waals surface area (Å²) >= 11 is 0. The summed E-state index contributed by atoms with van der Waals surface area (Å²) in [5.74, 6) is 0.142. The lowest BCUT2D eigenvalue weighted by atomic mass is 10.1. The fourth-order valence-electron chi connectivity index (χ4n) is 3.12. The van der Waals surface area contributed by atoms with E-state index in [9.17, 15) is 9.59 Å². The molecule has 0 saturated carbocycles. The summed E-state index contributed by atoms with van der Waals surface area (Å²) in [6.45, 7) is 4.98. The van der Waals surface area contributed by atoms with Crippen molar-refractivity contribution in [1.29, 1.82) is 0 Å². The molecule has 0 aliphatic carbocycles. The van der Waals surface area contributed by atoms with E-state index < -0.39 is 0 Å². The van der Waals surface area contributed by atoms with Crippen molar-refractivity contribution in [2.45, 2.75) is 45.1 Å². The van der Waals surface area contributed by atoms with E-state index in [1.165, 1.54) is 0 Å². The number of rotatable bonds is 10. The molecule has 1 aromatic rings. The van der Waals surface area contributed by atoms with Gasteiger partial charge in [-0.05, 0) is 51.1 Å². The molecule has 1 heterocycles. The monoisotopic (exact) mass is 375 g/mol. The van der Waals surface area contributed by atoms with Crippen molar-refractivity contribution in [2.24, 2.45) is 0 Å². The number of hydrogen-bond acceptors (Lipinski definition) is 4. The highest BCUT2D eigenvalue weighted by molar-refractivity contribution is 5.90. The van der Waals surface area contributed by atoms with Gasteiger partial charge in [0.05, 0.1) is 12.5 Å². The smallest absolute Gasteiger partial charge is 0.227 e. The molecular weight excluding hydrogens is 342 g/mol. The fourth-order valence-corrected chi connectivity index (χ4v) is 3.12. The molecule has 1 aliphatic rings. The van der Waals surface area contributed by atoms with E-state index in [1.54, 1.807) is 0 Å². The molecule has 0 bridgehead atoms. The first-order valence-electron chi connectivity index (χ1n) is 9.90. The van der Waals surface area contributed by atoms with Crippen LogP contribution in [0.1, 0.15) is 38.2 Å².